The molecule has 0 aliphatic carbocycles. The summed E-state index contributed by atoms with van der Waals surface area (Å²) in [6, 6.07) is 2.28. The van der Waals surface area contributed by atoms with Gasteiger partial charge in [0.2, 0.25) is 11.6 Å². The van der Waals surface area contributed by atoms with Gasteiger partial charge in [-0.05, 0) is 18.6 Å². The zero-order valence-electron chi connectivity index (χ0n) is 8.38. The zero-order valence-corrected chi connectivity index (χ0v) is 8.38. The number of rotatable bonds is 2. The van der Waals surface area contributed by atoms with Gasteiger partial charge in [0.15, 0.2) is 11.4 Å². The molecule has 1 aromatic heterocycles. The molecule has 0 bridgehead atoms. The van der Waals surface area contributed by atoms with Crippen LogP contribution in [0, 0.1) is 11.6 Å². The van der Waals surface area contributed by atoms with Crippen LogP contribution < -0.4 is 0 Å². The van der Waals surface area contributed by atoms with Crippen LogP contribution in [0.2, 0.25) is 0 Å². The Balaban J connectivity index is 2.87. The molecule has 0 unspecified atom stereocenters. The summed E-state index contributed by atoms with van der Waals surface area (Å²) in [7, 11) is 0. The molecule has 2 aromatic rings. The second-order valence-electron chi connectivity index (χ2n) is 3.31. The molecule has 0 spiro atoms. The first-order valence-electron chi connectivity index (χ1n) is 4.69. The zero-order chi connectivity index (χ0) is 11.9. The number of carbonyl (C=O) groups is 1. The lowest BCUT2D eigenvalue weighted by Gasteiger charge is -1.94. The average Bonchev–Trinajstić information content (AvgIpc) is 2.62. The second kappa shape index (κ2) is 3.59. The Labute approximate surface area is 89.3 Å². The summed E-state index contributed by atoms with van der Waals surface area (Å²) in [5, 5.41) is 9.15. The highest BCUT2D eigenvalue weighted by molar-refractivity contribution is 5.95. The number of furan rings is 1. The first-order valence-corrected chi connectivity index (χ1v) is 4.69. The Kier molecular flexibility index (Phi) is 2.38. The van der Waals surface area contributed by atoms with Gasteiger partial charge in [0, 0.05) is 10.9 Å². The number of carboxylic acid groups (broad SMARTS) is 1. The van der Waals surface area contributed by atoms with Crippen molar-refractivity contribution in [2.45, 2.75) is 13.3 Å². The maximum atomic E-state index is 13.3. The summed E-state index contributed by atoms with van der Waals surface area (Å²) in [4.78, 5) is 10.8. The molecular formula is C11H8F2O3. The molecule has 16 heavy (non-hydrogen) atoms. The fraction of sp³-hybridized carbons (Fsp3) is 0.182. The Morgan fingerprint density at radius 2 is 2.12 bits per heavy atom. The molecule has 0 atom stereocenters. The van der Waals surface area contributed by atoms with Crippen molar-refractivity contribution < 1.29 is 23.1 Å². The lowest BCUT2D eigenvalue weighted by atomic mass is 10.1. The number of carboxylic acids is 1. The number of aromatic carboxylic acids is 1. The van der Waals surface area contributed by atoms with Crippen LogP contribution in [0.15, 0.2) is 16.5 Å². The molecular weight excluding hydrogens is 218 g/mol. The molecule has 0 fully saturated rings. The number of halogens is 2. The van der Waals surface area contributed by atoms with Gasteiger partial charge in [0.1, 0.15) is 0 Å². The van der Waals surface area contributed by atoms with Crippen molar-refractivity contribution in [2.24, 2.45) is 0 Å². The lowest BCUT2D eigenvalue weighted by molar-refractivity contribution is 0.0663. The van der Waals surface area contributed by atoms with Crippen LogP contribution in [0.25, 0.3) is 11.0 Å². The van der Waals surface area contributed by atoms with E-state index in [4.69, 9.17) is 9.52 Å². The van der Waals surface area contributed by atoms with E-state index in [1.54, 1.807) is 6.92 Å². The predicted octanol–water partition coefficient (Wildman–Crippen LogP) is 2.97. The van der Waals surface area contributed by atoms with Crippen LogP contribution in [0.1, 0.15) is 23.0 Å². The largest absolute Gasteiger partial charge is 0.475 e. The summed E-state index contributed by atoms with van der Waals surface area (Å²) in [6.07, 6.45) is 0.375. The van der Waals surface area contributed by atoms with Crippen molar-refractivity contribution in [3.8, 4) is 0 Å². The van der Waals surface area contributed by atoms with Crippen molar-refractivity contribution >= 4 is 16.9 Å². The van der Waals surface area contributed by atoms with Crippen LogP contribution in [-0.4, -0.2) is 11.1 Å². The van der Waals surface area contributed by atoms with Gasteiger partial charge in [0.05, 0.1) is 0 Å². The van der Waals surface area contributed by atoms with E-state index >= 15 is 0 Å². The smallest absolute Gasteiger partial charge is 0.372 e. The minimum Gasteiger partial charge on any atom is -0.475 e. The fourth-order valence-electron chi connectivity index (χ4n) is 1.68. The topological polar surface area (TPSA) is 50.4 Å². The Morgan fingerprint density at radius 1 is 1.44 bits per heavy atom. The molecule has 0 amide bonds. The van der Waals surface area contributed by atoms with E-state index in [2.05, 4.69) is 0 Å². The van der Waals surface area contributed by atoms with Gasteiger partial charge in [-0.25, -0.2) is 9.18 Å². The lowest BCUT2D eigenvalue weighted by Crippen LogP contribution is -1.97. The van der Waals surface area contributed by atoms with Gasteiger partial charge in [-0.15, -0.1) is 0 Å². The summed E-state index contributed by atoms with van der Waals surface area (Å²) in [5.41, 5.74) is 0.0376. The third kappa shape index (κ3) is 1.36. The molecule has 0 radical (unpaired) electrons. The molecule has 1 aromatic carbocycles. The van der Waals surface area contributed by atoms with Crippen molar-refractivity contribution in [2.75, 3.05) is 0 Å². The second-order valence-corrected chi connectivity index (χ2v) is 3.31. The maximum absolute atomic E-state index is 13.3. The van der Waals surface area contributed by atoms with E-state index in [1.165, 1.54) is 6.07 Å². The van der Waals surface area contributed by atoms with E-state index < -0.39 is 17.6 Å². The monoisotopic (exact) mass is 226 g/mol. The van der Waals surface area contributed by atoms with Gasteiger partial charge in [-0.1, -0.05) is 6.92 Å². The van der Waals surface area contributed by atoms with Crippen LogP contribution in [0.3, 0.4) is 0 Å². The highest BCUT2D eigenvalue weighted by Crippen LogP contribution is 2.29. The molecule has 1 heterocycles. The third-order valence-corrected chi connectivity index (χ3v) is 2.40. The normalized spacial score (nSPS) is 10.9. The Bertz CT molecular complexity index is 572. The summed E-state index contributed by atoms with van der Waals surface area (Å²) in [5.74, 6) is -3.82. The van der Waals surface area contributed by atoms with E-state index in [-0.39, 0.29) is 11.3 Å². The van der Waals surface area contributed by atoms with Crippen molar-refractivity contribution in [1.82, 2.24) is 0 Å². The van der Waals surface area contributed by atoms with Crippen LogP contribution in [-0.2, 0) is 6.42 Å². The third-order valence-electron chi connectivity index (χ3n) is 2.40. The summed E-state index contributed by atoms with van der Waals surface area (Å²) < 4.78 is 31.1. The minimum absolute atomic E-state index is 0.304. The van der Waals surface area contributed by atoms with Crippen molar-refractivity contribution in [3.63, 3.8) is 0 Å². The van der Waals surface area contributed by atoms with Crippen molar-refractivity contribution in [1.29, 1.82) is 0 Å². The molecule has 5 heteroatoms. The molecule has 3 nitrogen and oxygen atoms in total. The summed E-state index contributed by atoms with van der Waals surface area (Å²) >= 11 is 0. The number of hydrogen-bond acceptors (Lipinski definition) is 2. The van der Waals surface area contributed by atoms with E-state index in [0.717, 1.165) is 6.07 Å². The molecule has 1 N–H and O–H groups in total. The number of benzene rings is 1. The standard InChI is InChI=1S/C11H8F2O3/c1-2-5-6-3-4-7(12)8(13)9(6)16-10(5)11(14)15/h3-4H,2H2,1H3,(H,14,15). The van der Waals surface area contributed by atoms with E-state index in [0.29, 0.717) is 17.4 Å². The maximum Gasteiger partial charge on any atom is 0.372 e. The van der Waals surface area contributed by atoms with Gasteiger partial charge in [0.25, 0.3) is 0 Å². The first kappa shape index (κ1) is 10.6. The number of fused-ring (bicyclic) bond motifs is 1. The van der Waals surface area contributed by atoms with Gasteiger partial charge in [-0.3, -0.25) is 0 Å². The fourth-order valence-corrected chi connectivity index (χ4v) is 1.68. The van der Waals surface area contributed by atoms with Crippen molar-refractivity contribution in [3.05, 3.63) is 35.1 Å². The molecule has 0 saturated heterocycles. The molecule has 84 valence electrons. The SMILES string of the molecule is CCc1c(C(=O)O)oc2c(F)c(F)ccc12. The molecule has 2 rings (SSSR count). The summed E-state index contributed by atoms with van der Waals surface area (Å²) in [6.45, 7) is 1.72. The molecule has 0 saturated carbocycles. The van der Waals surface area contributed by atoms with Gasteiger partial charge < -0.3 is 9.52 Å². The number of aryl methyl sites for hydroxylation is 1. The first-order chi connectivity index (χ1) is 7.56. The number of hydrogen-bond donors (Lipinski definition) is 1. The average molecular weight is 226 g/mol. The van der Waals surface area contributed by atoms with E-state index in [1.807, 2.05) is 0 Å². The molecule has 0 aliphatic heterocycles. The Hall–Kier alpha value is -1.91. The van der Waals surface area contributed by atoms with E-state index in [9.17, 15) is 13.6 Å². The highest BCUT2D eigenvalue weighted by atomic mass is 19.2. The highest BCUT2D eigenvalue weighted by Gasteiger charge is 2.22. The minimum atomic E-state index is -1.28. The van der Waals surface area contributed by atoms with Crippen LogP contribution in [0.5, 0.6) is 0 Å². The molecule has 0 aliphatic rings. The van der Waals surface area contributed by atoms with Crippen LogP contribution >= 0.6 is 0 Å². The quantitative estimate of drug-likeness (QED) is 0.856. The van der Waals surface area contributed by atoms with Gasteiger partial charge in [-0.2, -0.15) is 4.39 Å². The predicted molar refractivity (Wildman–Crippen MR) is 52.5 cm³/mol. The van der Waals surface area contributed by atoms with Gasteiger partial charge >= 0.3 is 5.97 Å². The Morgan fingerprint density at radius 3 is 2.69 bits per heavy atom. The van der Waals surface area contributed by atoms with Crippen LogP contribution in [0.4, 0.5) is 8.78 Å².